The van der Waals surface area contributed by atoms with Gasteiger partial charge < -0.3 is 9.84 Å². The summed E-state index contributed by atoms with van der Waals surface area (Å²) in [5.41, 5.74) is -0.0879. The summed E-state index contributed by atoms with van der Waals surface area (Å²) in [5.74, 6) is -2.93. The molecule has 1 aromatic carbocycles. The summed E-state index contributed by atoms with van der Waals surface area (Å²) < 4.78 is 31.1. The second-order valence-electron chi connectivity index (χ2n) is 3.39. The van der Waals surface area contributed by atoms with Crippen LogP contribution in [-0.4, -0.2) is 16.1 Å². The number of rotatable bonds is 3. The predicted octanol–water partition coefficient (Wildman–Crippen LogP) is 2.85. The van der Waals surface area contributed by atoms with E-state index in [1.807, 2.05) is 0 Å². The summed E-state index contributed by atoms with van der Waals surface area (Å²) in [6, 6.07) is 4.01. The molecule has 92 valence electrons. The van der Waals surface area contributed by atoms with Gasteiger partial charge in [-0.2, -0.15) is 0 Å². The lowest BCUT2D eigenvalue weighted by Crippen LogP contribution is -1.98. The molecule has 0 spiro atoms. The van der Waals surface area contributed by atoms with Crippen LogP contribution in [0.4, 0.5) is 8.78 Å². The molecule has 1 N–H and O–H groups in total. The third-order valence-corrected chi connectivity index (χ3v) is 2.08. The highest BCUT2D eigenvalue weighted by Gasteiger charge is 2.09. The number of aromatic nitrogens is 1. The molecule has 0 unspecified atom stereocenters. The van der Waals surface area contributed by atoms with Crippen LogP contribution >= 0.6 is 0 Å². The molecule has 0 aliphatic heterocycles. The molecule has 0 aliphatic rings. The van der Waals surface area contributed by atoms with Crippen LogP contribution < -0.4 is 4.74 Å². The van der Waals surface area contributed by atoms with E-state index in [4.69, 9.17) is 9.84 Å². The fraction of sp³-hybridized carbons (Fsp3) is 0. The first-order valence-electron chi connectivity index (χ1n) is 4.87. The second kappa shape index (κ2) is 4.79. The lowest BCUT2D eigenvalue weighted by Gasteiger charge is -2.06. The monoisotopic (exact) mass is 251 g/mol. The Morgan fingerprint density at radius 3 is 2.67 bits per heavy atom. The van der Waals surface area contributed by atoms with Crippen molar-refractivity contribution in [2.75, 3.05) is 0 Å². The first-order chi connectivity index (χ1) is 8.56. The molecular formula is C12H7F2NO3. The van der Waals surface area contributed by atoms with E-state index < -0.39 is 17.6 Å². The van der Waals surface area contributed by atoms with Crippen LogP contribution in [0.5, 0.6) is 11.5 Å². The minimum Gasteiger partial charge on any atom is -0.478 e. The highest BCUT2D eigenvalue weighted by Crippen LogP contribution is 2.24. The summed E-state index contributed by atoms with van der Waals surface area (Å²) >= 11 is 0. The van der Waals surface area contributed by atoms with Crippen molar-refractivity contribution >= 4 is 5.97 Å². The molecule has 0 amide bonds. The van der Waals surface area contributed by atoms with Crippen LogP contribution in [0, 0.1) is 11.6 Å². The maximum absolute atomic E-state index is 13.3. The van der Waals surface area contributed by atoms with Gasteiger partial charge >= 0.3 is 5.97 Å². The van der Waals surface area contributed by atoms with Crippen LogP contribution in [0.25, 0.3) is 0 Å². The molecule has 6 heteroatoms. The van der Waals surface area contributed by atoms with Gasteiger partial charge in [-0.05, 0) is 18.2 Å². The molecule has 18 heavy (non-hydrogen) atoms. The Bertz CT molecular complexity index is 602. The molecule has 2 rings (SSSR count). The van der Waals surface area contributed by atoms with Gasteiger partial charge in [0.2, 0.25) is 0 Å². The smallest absolute Gasteiger partial charge is 0.337 e. The Morgan fingerprint density at radius 2 is 2.00 bits per heavy atom. The largest absolute Gasteiger partial charge is 0.478 e. The Labute approximate surface area is 100 Å². The number of nitrogens with zero attached hydrogens (tertiary/aromatic N) is 1. The van der Waals surface area contributed by atoms with Crippen molar-refractivity contribution in [3.63, 3.8) is 0 Å². The average molecular weight is 251 g/mol. The molecule has 0 aliphatic carbocycles. The number of benzene rings is 1. The first kappa shape index (κ1) is 12.0. The topological polar surface area (TPSA) is 59.4 Å². The number of carbonyl (C=O) groups is 1. The Balaban J connectivity index is 2.28. The average Bonchev–Trinajstić information content (AvgIpc) is 2.33. The van der Waals surface area contributed by atoms with Crippen LogP contribution in [0.2, 0.25) is 0 Å². The van der Waals surface area contributed by atoms with Crippen molar-refractivity contribution in [3.8, 4) is 11.5 Å². The maximum atomic E-state index is 13.3. The lowest BCUT2D eigenvalue weighted by molar-refractivity contribution is 0.0696. The zero-order chi connectivity index (χ0) is 13.1. The molecule has 1 aromatic heterocycles. The van der Waals surface area contributed by atoms with Gasteiger partial charge in [0.05, 0.1) is 11.8 Å². The van der Waals surface area contributed by atoms with Gasteiger partial charge in [0.15, 0.2) is 11.6 Å². The fourth-order valence-electron chi connectivity index (χ4n) is 1.28. The molecule has 2 aromatic rings. The zero-order valence-electron chi connectivity index (χ0n) is 8.93. The highest BCUT2D eigenvalue weighted by molar-refractivity contribution is 5.87. The second-order valence-corrected chi connectivity index (χ2v) is 3.39. The van der Waals surface area contributed by atoms with Crippen molar-refractivity contribution in [2.45, 2.75) is 0 Å². The van der Waals surface area contributed by atoms with E-state index in [1.165, 1.54) is 12.3 Å². The third-order valence-electron chi connectivity index (χ3n) is 2.08. The maximum Gasteiger partial charge on any atom is 0.337 e. The normalized spacial score (nSPS) is 10.1. The molecule has 0 saturated carbocycles. The van der Waals surface area contributed by atoms with E-state index in [1.54, 1.807) is 0 Å². The molecular weight excluding hydrogens is 244 g/mol. The number of hydrogen-bond acceptors (Lipinski definition) is 3. The van der Waals surface area contributed by atoms with Crippen LogP contribution in [0.3, 0.4) is 0 Å². The van der Waals surface area contributed by atoms with E-state index in [9.17, 15) is 13.6 Å². The molecule has 0 fully saturated rings. The quantitative estimate of drug-likeness (QED) is 0.911. The first-order valence-corrected chi connectivity index (χ1v) is 4.87. The summed E-state index contributed by atoms with van der Waals surface area (Å²) in [5, 5.41) is 8.75. The van der Waals surface area contributed by atoms with Gasteiger partial charge in [-0.15, -0.1) is 0 Å². The number of carboxylic acid groups (broad SMARTS) is 1. The predicted molar refractivity (Wildman–Crippen MR) is 57.6 cm³/mol. The van der Waals surface area contributed by atoms with Crippen LogP contribution in [0.15, 0.2) is 36.7 Å². The molecule has 4 nitrogen and oxygen atoms in total. The number of ether oxygens (including phenoxy) is 1. The van der Waals surface area contributed by atoms with Gasteiger partial charge in [0, 0.05) is 12.3 Å². The Kier molecular flexibility index (Phi) is 3.18. The minimum atomic E-state index is -1.17. The van der Waals surface area contributed by atoms with E-state index >= 15 is 0 Å². The highest BCUT2D eigenvalue weighted by atomic mass is 19.1. The van der Waals surface area contributed by atoms with Crippen molar-refractivity contribution in [3.05, 3.63) is 53.9 Å². The van der Waals surface area contributed by atoms with Crippen molar-refractivity contribution in [1.82, 2.24) is 4.98 Å². The van der Waals surface area contributed by atoms with Gasteiger partial charge in [-0.3, -0.25) is 4.98 Å². The summed E-state index contributed by atoms with van der Waals surface area (Å²) in [6.07, 6.45) is 2.37. The summed E-state index contributed by atoms with van der Waals surface area (Å²) in [7, 11) is 0. The molecule has 1 heterocycles. The lowest BCUT2D eigenvalue weighted by atomic mass is 10.3. The Hall–Kier alpha value is -2.50. The summed E-state index contributed by atoms with van der Waals surface area (Å²) in [6.45, 7) is 0. The van der Waals surface area contributed by atoms with Crippen molar-refractivity contribution in [2.24, 2.45) is 0 Å². The van der Waals surface area contributed by atoms with Crippen LogP contribution in [-0.2, 0) is 0 Å². The van der Waals surface area contributed by atoms with Gasteiger partial charge in [-0.25, -0.2) is 13.6 Å². The SMILES string of the molecule is O=C(O)c1cncc(Oc2ccc(F)cc2F)c1. The van der Waals surface area contributed by atoms with Gasteiger partial charge in [0.1, 0.15) is 11.6 Å². The fourth-order valence-corrected chi connectivity index (χ4v) is 1.28. The molecule has 0 bridgehead atoms. The van der Waals surface area contributed by atoms with Gasteiger partial charge in [0.25, 0.3) is 0 Å². The Morgan fingerprint density at radius 1 is 1.22 bits per heavy atom. The number of aromatic carboxylic acids is 1. The minimum absolute atomic E-state index is 0.0559. The van der Waals surface area contributed by atoms with Crippen molar-refractivity contribution < 1.29 is 23.4 Å². The van der Waals surface area contributed by atoms with E-state index in [0.717, 1.165) is 18.3 Å². The number of carboxylic acids is 1. The van der Waals surface area contributed by atoms with E-state index in [2.05, 4.69) is 4.98 Å². The molecule has 0 radical (unpaired) electrons. The van der Waals surface area contributed by atoms with Crippen LogP contribution in [0.1, 0.15) is 10.4 Å². The number of hydrogen-bond donors (Lipinski definition) is 1. The third kappa shape index (κ3) is 2.60. The van der Waals surface area contributed by atoms with Gasteiger partial charge in [-0.1, -0.05) is 0 Å². The van der Waals surface area contributed by atoms with E-state index in [-0.39, 0.29) is 17.1 Å². The number of pyridine rings is 1. The summed E-state index contributed by atoms with van der Waals surface area (Å²) in [4.78, 5) is 14.3. The van der Waals surface area contributed by atoms with E-state index in [0.29, 0.717) is 6.07 Å². The number of halogens is 2. The standard InChI is InChI=1S/C12H7F2NO3/c13-8-1-2-11(10(14)4-8)18-9-3-7(12(16)17)5-15-6-9/h1-6H,(H,16,17). The van der Waals surface area contributed by atoms with Crippen molar-refractivity contribution in [1.29, 1.82) is 0 Å². The zero-order valence-corrected chi connectivity index (χ0v) is 8.93. The molecule has 0 saturated heterocycles. The molecule has 0 atom stereocenters.